The van der Waals surface area contributed by atoms with Gasteiger partial charge >= 0.3 is 0 Å². The van der Waals surface area contributed by atoms with Crippen LogP contribution in [0.2, 0.25) is 0 Å². The molecule has 0 bridgehead atoms. The van der Waals surface area contributed by atoms with Gasteiger partial charge in [-0.3, -0.25) is 4.79 Å². The fraction of sp³-hybridized carbons (Fsp3) is 0.533. The molecule has 2 aliphatic heterocycles. The van der Waals surface area contributed by atoms with E-state index in [0.29, 0.717) is 0 Å². The fourth-order valence-corrected chi connectivity index (χ4v) is 3.27. The summed E-state index contributed by atoms with van der Waals surface area (Å²) in [5.41, 5.74) is 1.73. The van der Waals surface area contributed by atoms with Crippen molar-refractivity contribution < 1.29 is 9.53 Å². The Labute approximate surface area is 113 Å². The summed E-state index contributed by atoms with van der Waals surface area (Å²) in [6.07, 6.45) is 1.79. The molecule has 0 unspecified atom stereocenters. The minimum atomic E-state index is -0.338. The minimum Gasteiger partial charge on any atom is -0.497 e. The third kappa shape index (κ3) is 1.82. The zero-order chi connectivity index (χ0) is 13.5. The Hall–Kier alpha value is -1.55. The van der Waals surface area contributed by atoms with Crippen LogP contribution in [0.1, 0.15) is 25.3 Å². The monoisotopic (exact) mass is 260 g/mol. The third-order valence-electron chi connectivity index (χ3n) is 4.58. The van der Waals surface area contributed by atoms with Crippen LogP contribution in [0, 0.1) is 0 Å². The third-order valence-corrected chi connectivity index (χ3v) is 4.58. The van der Waals surface area contributed by atoms with Gasteiger partial charge in [0.05, 0.1) is 12.5 Å². The van der Waals surface area contributed by atoms with Gasteiger partial charge in [0.2, 0.25) is 5.91 Å². The molecular formula is C15H20N2O2. The molecule has 1 N–H and O–H groups in total. The summed E-state index contributed by atoms with van der Waals surface area (Å²) in [5.74, 6) is 0.985. The lowest BCUT2D eigenvalue weighted by atomic mass is 9.73. The van der Waals surface area contributed by atoms with E-state index in [1.165, 1.54) is 0 Å². The van der Waals surface area contributed by atoms with Crippen LogP contribution in [0.25, 0.3) is 0 Å². The van der Waals surface area contributed by atoms with Crippen LogP contribution in [-0.4, -0.2) is 37.6 Å². The Balaban J connectivity index is 1.97. The van der Waals surface area contributed by atoms with Crippen molar-refractivity contribution in [2.24, 2.45) is 0 Å². The van der Waals surface area contributed by atoms with Crippen LogP contribution in [0.4, 0.5) is 5.69 Å². The number of anilines is 1. The first-order valence-corrected chi connectivity index (χ1v) is 6.92. The zero-order valence-electron chi connectivity index (χ0n) is 11.5. The molecule has 2 aliphatic rings. The van der Waals surface area contributed by atoms with E-state index < -0.39 is 0 Å². The average Bonchev–Trinajstić information content (AvgIpc) is 2.72. The number of ether oxygens (including phenoxy) is 1. The van der Waals surface area contributed by atoms with E-state index in [1.54, 1.807) is 7.11 Å². The maximum Gasteiger partial charge on any atom is 0.235 e. The second-order valence-corrected chi connectivity index (χ2v) is 5.38. The van der Waals surface area contributed by atoms with Gasteiger partial charge in [-0.25, -0.2) is 0 Å². The zero-order valence-corrected chi connectivity index (χ0v) is 11.5. The maximum absolute atomic E-state index is 12.4. The number of methoxy groups -OCH3 is 1. The number of piperidine rings is 1. The lowest BCUT2D eigenvalue weighted by Crippen LogP contribution is -2.46. The highest BCUT2D eigenvalue weighted by atomic mass is 16.5. The number of nitrogens with zero attached hydrogens (tertiary/aromatic N) is 1. The van der Waals surface area contributed by atoms with Crippen LogP contribution >= 0.6 is 0 Å². The van der Waals surface area contributed by atoms with E-state index in [-0.39, 0.29) is 11.3 Å². The van der Waals surface area contributed by atoms with Gasteiger partial charge in [-0.1, -0.05) is 6.92 Å². The van der Waals surface area contributed by atoms with Crippen LogP contribution in [0.3, 0.4) is 0 Å². The number of likely N-dealkylation sites (tertiary alicyclic amines) is 1. The summed E-state index contributed by atoms with van der Waals surface area (Å²) in [6, 6.07) is 5.88. The molecule has 1 saturated heterocycles. The highest BCUT2D eigenvalue weighted by Gasteiger charge is 2.48. The van der Waals surface area contributed by atoms with Gasteiger partial charge in [-0.05, 0) is 56.2 Å². The molecule has 1 spiro atoms. The first-order valence-electron chi connectivity index (χ1n) is 6.92. The molecule has 1 amide bonds. The van der Waals surface area contributed by atoms with E-state index in [2.05, 4.69) is 17.1 Å². The van der Waals surface area contributed by atoms with Gasteiger partial charge in [-0.15, -0.1) is 0 Å². The summed E-state index contributed by atoms with van der Waals surface area (Å²) >= 11 is 0. The summed E-state index contributed by atoms with van der Waals surface area (Å²) in [6.45, 7) is 5.20. The normalized spacial score (nSPS) is 21.3. The molecule has 0 saturated carbocycles. The predicted octanol–water partition coefficient (Wildman–Crippen LogP) is 2.00. The van der Waals surface area contributed by atoms with Crippen LogP contribution in [0.5, 0.6) is 5.75 Å². The Morgan fingerprint density at radius 1 is 1.37 bits per heavy atom. The van der Waals surface area contributed by atoms with Gasteiger partial charge < -0.3 is 15.0 Å². The Morgan fingerprint density at radius 2 is 2.11 bits per heavy atom. The molecule has 0 atom stereocenters. The van der Waals surface area contributed by atoms with Gasteiger partial charge in [-0.2, -0.15) is 0 Å². The van der Waals surface area contributed by atoms with Gasteiger partial charge in [0.15, 0.2) is 0 Å². The largest absolute Gasteiger partial charge is 0.497 e. The van der Waals surface area contributed by atoms with E-state index in [4.69, 9.17) is 4.74 Å². The summed E-state index contributed by atoms with van der Waals surface area (Å²) in [5, 5.41) is 3.03. The number of hydrogen-bond acceptors (Lipinski definition) is 3. The fourth-order valence-electron chi connectivity index (χ4n) is 3.27. The van der Waals surface area contributed by atoms with E-state index in [0.717, 1.165) is 49.5 Å². The number of carbonyl (C=O) groups is 1. The Morgan fingerprint density at radius 3 is 2.74 bits per heavy atom. The topological polar surface area (TPSA) is 41.6 Å². The quantitative estimate of drug-likeness (QED) is 0.884. The first kappa shape index (κ1) is 12.5. The highest BCUT2D eigenvalue weighted by molar-refractivity contribution is 6.06. The van der Waals surface area contributed by atoms with Crippen molar-refractivity contribution in [2.45, 2.75) is 25.2 Å². The molecule has 1 fully saturated rings. The molecule has 0 radical (unpaired) electrons. The molecule has 4 heteroatoms. The molecule has 1 aromatic rings. The van der Waals surface area contributed by atoms with Crippen molar-refractivity contribution in [1.29, 1.82) is 0 Å². The first-order chi connectivity index (χ1) is 9.19. The molecule has 3 rings (SSSR count). The summed E-state index contributed by atoms with van der Waals surface area (Å²) in [7, 11) is 1.66. The lowest BCUT2D eigenvalue weighted by Gasteiger charge is -2.37. The maximum atomic E-state index is 12.4. The van der Waals surface area contributed by atoms with Crippen molar-refractivity contribution in [3.63, 3.8) is 0 Å². The molecule has 1 aromatic carbocycles. The lowest BCUT2D eigenvalue weighted by molar-refractivity contribution is -0.122. The van der Waals surface area contributed by atoms with Crippen molar-refractivity contribution in [1.82, 2.24) is 4.90 Å². The van der Waals surface area contributed by atoms with Crippen molar-refractivity contribution in [2.75, 3.05) is 32.1 Å². The van der Waals surface area contributed by atoms with Crippen LogP contribution in [-0.2, 0) is 10.2 Å². The van der Waals surface area contributed by atoms with Crippen LogP contribution < -0.4 is 10.1 Å². The standard InChI is InChI=1S/C15H20N2O2/c1-3-17-8-6-15(7-9-17)12-10-11(19-2)4-5-13(12)16-14(15)18/h4-5,10H,3,6-9H2,1-2H3,(H,16,18). The highest BCUT2D eigenvalue weighted by Crippen LogP contribution is 2.46. The molecular weight excluding hydrogens is 240 g/mol. The Kier molecular flexibility index (Phi) is 2.97. The molecule has 102 valence electrons. The predicted molar refractivity (Wildman–Crippen MR) is 74.6 cm³/mol. The summed E-state index contributed by atoms with van der Waals surface area (Å²) in [4.78, 5) is 14.8. The number of hydrogen-bond donors (Lipinski definition) is 1. The van der Waals surface area contributed by atoms with Crippen molar-refractivity contribution in [3.05, 3.63) is 23.8 Å². The average molecular weight is 260 g/mol. The molecule has 4 nitrogen and oxygen atoms in total. The molecule has 0 aromatic heterocycles. The van der Waals surface area contributed by atoms with Gasteiger partial charge in [0, 0.05) is 5.69 Å². The Bertz CT molecular complexity index is 505. The number of benzene rings is 1. The van der Waals surface area contributed by atoms with E-state index >= 15 is 0 Å². The smallest absolute Gasteiger partial charge is 0.235 e. The number of fused-ring (bicyclic) bond motifs is 2. The number of amides is 1. The van der Waals surface area contributed by atoms with Crippen molar-refractivity contribution >= 4 is 11.6 Å². The SMILES string of the molecule is CCN1CCC2(CC1)C(=O)Nc1ccc(OC)cc12. The number of carbonyl (C=O) groups excluding carboxylic acids is 1. The number of rotatable bonds is 2. The van der Waals surface area contributed by atoms with Crippen LogP contribution in [0.15, 0.2) is 18.2 Å². The number of nitrogens with one attached hydrogen (secondary N) is 1. The second kappa shape index (κ2) is 4.53. The van der Waals surface area contributed by atoms with Gasteiger partial charge in [0.1, 0.15) is 5.75 Å². The summed E-state index contributed by atoms with van der Waals surface area (Å²) < 4.78 is 5.30. The van der Waals surface area contributed by atoms with Crippen molar-refractivity contribution in [3.8, 4) is 5.75 Å². The van der Waals surface area contributed by atoms with E-state index in [9.17, 15) is 4.79 Å². The van der Waals surface area contributed by atoms with Gasteiger partial charge in [0.25, 0.3) is 0 Å². The molecule has 0 aliphatic carbocycles. The van der Waals surface area contributed by atoms with E-state index in [1.807, 2.05) is 18.2 Å². The minimum absolute atomic E-state index is 0.159. The molecule has 19 heavy (non-hydrogen) atoms. The second-order valence-electron chi connectivity index (χ2n) is 5.38. The molecule has 2 heterocycles.